The molecule has 0 radical (unpaired) electrons. The zero-order valence-corrected chi connectivity index (χ0v) is 15.3. The number of benzene rings is 2. The van der Waals surface area contributed by atoms with Crippen molar-refractivity contribution in [1.29, 1.82) is 0 Å². The van der Waals surface area contributed by atoms with E-state index >= 15 is 0 Å². The number of rotatable bonds is 3. The molecule has 1 atom stereocenters. The first kappa shape index (κ1) is 16.6. The number of allylic oxidation sites excluding steroid dienone is 2. The molecule has 26 heavy (non-hydrogen) atoms. The average molecular weight is 344 g/mol. The maximum atomic E-state index is 12.3. The van der Waals surface area contributed by atoms with Crippen molar-refractivity contribution in [3.63, 3.8) is 0 Å². The SMILES string of the molecule is CC1(C)c2ccccc2N2CCC(=O)NC21C=CC=Cc1ccccc1. The van der Waals surface area contributed by atoms with E-state index in [1.54, 1.807) is 0 Å². The van der Waals surface area contributed by atoms with Gasteiger partial charge in [0.25, 0.3) is 0 Å². The van der Waals surface area contributed by atoms with Crippen molar-refractivity contribution in [1.82, 2.24) is 5.32 Å². The number of fused-ring (bicyclic) bond motifs is 3. The Balaban J connectivity index is 1.72. The number of amides is 1. The van der Waals surface area contributed by atoms with Gasteiger partial charge in [0.1, 0.15) is 5.66 Å². The first-order chi connectivity index (χ1) is 12.5. The first-order valence-electron chi connectivity index (χ1n) is 9.14. The molecule has 2 heterocycles. The van der Waals surface area contributed by atoms with Crippen LogP contribution in [0, 0.1) is 0 Å². The normalized spacial score (nSPS) is 23.9. The number of carbonyl (C=O) groups is 1. The lowest BCUT2D eigenvalue weighted by molar-refractivity contribution is -0.124. The molecule has 2 aromatic carbocycles. The van der Waals surface area contributed by atoms with Gasteiger partial charge in [-0.2, -0.15) is 0 Å². The Morgan fingerprint density at radius 3 is 2.54 bits per heavy atom. The van der Waals surface area contributed by atoms with Crippen molar-refractivity contribution in [3.8, 4) is 0 Å². The van der Waals surface area contributed by atoms with Crippen molar-refractivity contribution in [2.24, 2.45) is 0 Å². The summed E-state index contributed by atoms with van der Waals surface area (Å²) in [7, 11) is 0. The molecule has 1 fully saturated rings. The Morgan fingerprint density at radius 1 is 1.00 bits per heavy atom. The molecule has 132 valence electrons. The molecule has 0 aliphatic carbocycles. The Labute approximate surface area is 155 Å². The standard InChI is InChI=1S/C23H24N2O/c1-22(2)19-13-6-7-14-20(19)25-17-15-21(26)24-23(22,25)16-9-8-12-18-10-4-3-5-11-18/h3-14,16H,15,17H2,1-2H3,(H,24,26). The van der Waals surface area contributed by atoms with E-state index in [1.807, 2.05) is 24.3 Å². The molecule has 0 saturated carbocycles. The topological polar surface area (TPSA) is 32.3 Å². The van der Waals surface area contributed by atoms with Crippen LogP contribution in [0.5, 0.6) is 0 Å². The molecule has 1 saturated heterocycles. The molecule has 2 aromatic rings. The summed E-state index contributed by atoms with van der Waals surface area (Å²) in [6.07, 6.45) is 8.85. The summed E-state index contributed by atoms with van der Waals surface area (Å²) in [4.78, 5) is 14.7. The van der Waals surface area contributed by atoms with E-state index in [-0.39, 0.29) is 11.3 Å². The summed E-state index contributed by atoms with van der Waals surface area (Å²) in [5, 5.41) is 3.29. The van der Waals surface area contributed by atoms with Gasteiger partial charge in [-0.1, -0.05) is 80.6 Å². The second kappa shape index (κ2) is 6.17. The van der Waals surface area contributed by atoms with Gasteiger partial charge in [0.2, 0.25) is 5.91 Å². The lowest BCUT2D eigenvalue weighted by Crippen LogP contribution is -2.68. The fourth-order valence-electron chi connectivity index (χ4n) is 4.24. The Hall–Kier alpha value is -2.81. The maximum Gasteiger partial charge on any atom is 0.223 e. The van der Waals surface area contributed by atoms with Crippen LogP contribution in [0.1, 0.15) is 31.4 Å². The van der Waals surface area contributed by atoms with Crippen LogP contribution in [0.15, 0.2) is 72.8 Å². The smallest absolute Gasteiger partial charge is 0.223 e. The van der Waals surface area contributed by atoms with Gasteiger partial charge in [-0.15, -0.1) is 0 Å². The highest BCUT2D eigenvalue weighted by molar-refractivity contribution is 5.84. The highest BCUT2D eigenvalue weighted by Gasteiger charge is 2.57. The molecule has 3 heteroatoms. The Bertz CT molecular complexity index is 882. The molecule has 1 unspecified atom stereocenters. The Kier molecular flexibility index (Phi) is 3.95. The zero-order chi connectivity index (χ0) is 18.2. The Morgan fingerprint density at radius 2 is 1.73 bits per heavy atom. The van der Waals surface area contributed by atoms with Crippen molar-refractivity contribution in [3.05, 3.63) is 84.0 Å². The summed E-state index contributed by atoms with van der Waals surface area (Å²) in [5.41, 5.74) is 2.89. The van der Waals surface area contributed by atoms with Gasteiger partial charge in [0, 0.05) is 24.1 Å². The fourth-order valence-corrected chi connectivity index (χ4v) is 4.24. The van der Waals surface area contributed by atoms with Crippen LogP contribution in [-0.4, -0.2) is 18.1 Å². The van der Waals surface area contributed by atoms with E-state index in [0.29, 0.717) is 6.42 Å². The van der Waals surface area contributed by atoms with Crippen LogP contribution in [0.25, 0.3) is 6.08 Å². The molecule has 1 N–H and O–H groups in total. The van der Waals surface area contributed by atoms with Gasteiger partial charge in [-0.05, 0) is 23.3 Å². The third-order valence-electron chi connectivity index (χ3n) is 5.68. The lowest BCUT2D eigenvalue weighted by atomic mass is 9.74. The van der Waals surface area contributed by atoms with E-state index in [1.165, 1.54) is 11.3 Å². The highest BCUT2D eigenvalue weighted by atomic mass is 16.2. The number of carbonyl (C=O) groups excluding carboxylic acids is 1. The molecule has 3 nitrogen and oxygen atoms in total. The summed E-state index contributed by atoms with van der Waals surface area (Å²) in [6.45, 7) is 5.16. The maximum absolute atomic E-state index is 12.3. The highest BCUT2D eigenvalue weighted by Crippen LogP contribution is 2.52. The molecular formula is C23H24N2O. The number of nitrogens with one attached hydrogen (secondary N) is 1. The summed E-state index contributed by atoms with van der Waals surface area (Å²) in [6, 6.07) is 18.7. The molecule has 2 aliphatic rings. The minimum absolute atomic E-state index is 0.110. The minimum Gasteiger partial charge on any atom is -0.344 e. The van der Waals surface area contributed by atoms with E-state index < -0.39 is 5.66 Å². The first-order valence-corrected chi connectivity index (χ1v) is 9.14. The predicted octanol–water partition coefficient (Wildman–Crippen LogP) is 4.27. The zero-order valence-electron chi connectivity index (χ0n) is 15.3. The monoisotopic (exact) mass is 344 g/mol. The van der Waals surface area contributed by atoms with Crippen LogP contribution in [0.4, 0.5) is 5.69 Å². The summed E-state index contributed by atoms with van der Waals surface area (Å²) < 4.78 is 0. The van der Waals surface area contributed by atoms with Gasteiger partial charge >= 0.3 is 0 Å². The third-order valence-corrected chi connectivity index (χ3v) is 5.68. The van der Waals surface area contributed by atoms with Crippen molar-refractivity contribution in [2.45, 2.75) is 31.3 Å². The second-order valence-electron chi connectivity index (χ2n) is 7.49. The molecule has 4 rings (SSSR count). The molecule has 1 amide bonds. The largest absolute Gasteiger partial charge is 0.344 e. The molecule has 0 spiro atoms. The molecular weight excluding hydrogens is 320 g/mol. The second-order valence-corrected chi connectivity index (χ2v) is 7.49. The van der Waals surface area contributed by atoms with Gasteiger partial charge in [-0.3, -0.25) is 4.79 Å². The minimum atomic E-state index is -0.535. The van der Waals surface area contributed by atoms with Crippen molar-refractivity contribution < 1.29 is 4.79 Å². The lowest BCUT2D eigenvalue weighted by Gasteiger charge is -2.49. The molecule has 0 bridgehead atoms. The van der Waals surface area contributed by atoms with Gasteiger partial charge in [0.05, 0.1) is 0 Å². The molecule has 2 aliphatic heterocycles. The van der Waals surface area contributed by atoms with Crippen LogP contribution in [0.3, 0.4) is 0 Å². The van der Waals surface area contributed by atoms with Gasteiger partial charge in [-0.25, -0.2) is 0 Å². The summed E-state index contributed by atoms with van der Waals surface area (Å²) >= 11 is 0. The number of para-hydroxylation sites is 1. The predicted molar refractivity (Wildman–Crippen MR) is 107 cm³/mol. The van der Waals surface area contributed by atoms with E-state index in [2.05, 4.69) is 78.7 Å². The van der Waals surface area contributed by atoms with Crippen molar-refractivity contribution in [2.75, 3.05) is 11.4 Å². The summed E-state index contributed by atoms with van der Waals surface area (Å²) in [5.74, 6) is 0.110. The van der Waals surface area contributed by atoms with Crippen LogP contribution < -0.4 is 10.2 Å². The fraction of sp³-hybridized carbons (Fsp3) is 0.261. The van der Waals surface area contributed by atoms with Gasteiger partial charge in [0.15, 0.2) is 0 Å². The average Bonchev–Trinajstić information content (AvgIpc) is 2.84. The van der Waals surface area contributed by atoms with Crippen molar-refractivity contribution >= 4 is 17.7 Å². The molecule has 0 aromatic heterocycles. The number of anilines is 1. The van der Waals surface area contributed by atoms with E-state index in [9.17, 15) is 4.79 Å². The van der Waals surface area contributed by atoms with Gasteiger partial charge < -0.3 is 10.2 Å². The number of hydrogen-bond acceptors (Lipinski definition) is 2. The van der Waals surface area contributed by atoms with Crippen LogP contribution >= 0.6 is 0 Å². The van der Waals surface area contributed by atoms with E-state index in [0.717, 1.165) is 12.1 Å². The van der Waals surface area contributed by atoms with Crippen LogP contribution in [0.2, 0.25) is 0 Å². The number of nitrogens with zero attached hydrogens (tertiary/aromatic N) is 1. The third kappa shape index (κ3) is 2.47. The van der Waals surface area contributed by atoms with Crippen LogP contribution in [-0.2, 0) is 10.2 Å². The quantitative estimate of drug-likeness (QED) is 0.844. The number of hydrogen-bond donors (Lipinski definition) is 1. The van der Waals surface area contributed by atoms with E-state index in [4.69, 9.17) is 0 Å².